The topological polar surface area (TPSA) is 88.1 Å². The van der Waals surface area contributed by atoms with Gasteiger partial charge in [-0.15, -0.1) is 0 Å². The van der Waals surface area contributed by atoms with Gasteiger partial charge in [0.25, 0.3) is 0 Å². The Balaban J connectivity index is 0.731. The summed E-state index contributed by atoms with van der Waals surface area (Å²) in [5.74, 6) is 4.40. The number of alkyl halides is 1. The van der Waals surface area contributed by atoms with Gasteiger partial charge in [0, 0.05) is 33.4 Å². The van der Waals surface area contributed by atoms with Crippen molar-refractivity contribution in [2.24, 2.45) is 0 Å². The molecule has 1 atom stereocenters. The fraction of sp³-hybridized carbons (Fsp3) is 0.0597. The fourth-order valence-corrected chi connectivity index (χ4v) is 8.56. The zero-order valence-corrected chi connectivity index (χ0v) is 41.3. The summed E-state index contributed by atoms with van der Waals surface area (Å²) in [7, 11) is 0. The van der Waals surface area contributed by atoms with E-state index < -0.39 is 5.67 Å². The number of ether oxygens (including phenoxy) is 4. The maximum atomic E-state index is 16.4. The van der Waals surface area contributed by atoms with Gasteiger partial charge in [0.05, 0.1) is 0 Å². The highest BCUT2D eigenvalue weighted by atomic mass is 19.1. The van der Waals surface area contributed by atoms with Crippen LogP contribution in [0.15, 0.2) is 243 Å². The Morgan fingerprint density at radius 2 is 0.627 bits per heavy atom. The summed E-state index contributed by atoms with van der Waals surface area (Å²) in [6, 6.07) is 71.9. The number of aryl methyl sites for hydroxylation is 2. The summed E-state index contributed by atoms with van der Waals surface area (Å²) in [5, 5.41) is 0. The maximum Gasteiger partial charge on any atom is 0.193 e. The molecule has 7 nitrogen and oxygen atoms in total. The maximum absolute atomic E-state index is 16.4. The number of rotatable bonds is 17. The van der Waals surface area contributed by atoms with Crippen LogP contribution in [0.1, 0.15) is 76.9 Å². The Kier molecular flexibility index (Phi) is 14.1. The largest absolute Gasteiger partial charge is 0.457 e. The number of benzene rings is 10. The van der Waals surface area contributed by atoms with Crippen molar-refractivity contribution in [1.82, 2.24) is 0 Å². The van der Waals surface area contributed by atoms with Crippen LogP contribution >= 0.6 is 0 Å². The summed E-state index contributed by atoms with van der Waals surface area (Å²) in [4.78, 5) is 40.6. The van der Waals surface area contributed by atoms with Crippen LogP contribution < -0.4 is 18.9 Å². The van der Waals surface area contributed by atoms with Crippen molar-refractivity contribution in [2.45, 2.75) is 26.4 Å². The quantitative estimate of drug-likeness (QED) is 0.0840. The third-order valence-corrected chi connectivity index (χ3v) is 12.8. The predicted molar refractivity (Wildman–Crippen MR) is 291 cm³/mol. The third-order valence-electron chi connectivity index (χ3n) is 12.8. The molecule has 0 amide bonds. The zero-order chi connectivity index (χ0) is 51.9. The molecule has 0 aliphatic carbocycles. The summed E-state index contributed by atoms with van der Waals surface area (Å²) in [6.07, 6.45) is 0. The summed E-state index contributed by atoms with van der Waals surface area (Å²) in [6.45, 7) is 5.44. The first-order chi connectivity index (χ1) is 36.4. The van der Waals surface area contributed by atoms with Crippen molar-refractivity contribution in [3.8, 4) is 57.1 Å². The van der Waals surface area contributed by atoms with Gasteiger partial charge >= 0.3 is 0 Å². The molecule has 10 aromatic rings. The lowest BCUT2D eigenvalue weighted by molar-refractivity contribution is 0.103. The number of ketones is 3. The molecule has 0 radical (unpaired) electrons. The van der Waals surface area contributed by atoms with Crippen LogP contribution in [0, 0.1) is 13.8 Å². The van der Waals surface area contributed by atoms with E-state index in [1.807, 2.05) is 123 Å². The minimum atomic E-state index is -1.81. The van der Waals surface area contributed by atoms with E-state index in [4.69, 9.17) is 18.9 Å². The van der Waals surface area contributed by atoms with Crippen LogP contribution in [0.4, 0.5) is 4.39 Å². The Morgan fingerprint density at radius 3 is 1.01 bits per heavy atom. The van der Waals surface area contributed by atoms with E-state index in [9.17, 15) is 14.4 Å². The molecule has 366 valence electrons. The molecule has 0 aromatic heterocycles. The number of para-hydroxylation sites is 1. The average Bonchev–Trinajstić information content (AvgIpc) is 3.44. The van der Waals surface area contributed by atoms with Gasteiger partial charge in [0.1, 0.15) is 46.0 Å². The van der Waals surface area contributed by atoms with Gasteiger partial charge in [-0.3, -0.25) is 14.4 Å². The van der Waals surface area contributed by atoms with E-state index >= 15 is 4.39 Å². The number of hydrogen-bond donors (Lipinski definition) is 0. The van der Waals surface area contributed by atoms with Gasteiger partial charge in [0.2, 0.25) is 0 Å². The first-order valence-corrected chi connectivity index (χ1v) is 24.4. The Hall–Kier alpha value is -9.66. The van der Waals surface area contributed by atoms with Gasteiger partial charge in [-0.25, -0.2) is 4.39 Å². The van der Waals surface area contributed by atoms with Crippen molar-refractivity contribution >= 4 is 17.3 Å². The smallest absolute Gasteiger partial charge is 0.193 e. The molecule has 0 saturated heterocycles. The zero-order valence-electron chi connectivity index (χ0n) is 41.3. The van der Waals surface area contributed by atoms with Crippen molar-refractivity contribution < 1.29 is 37.7 Å². The molecule has 0 N–H and O–H groups in total. The SMILES string of the molecule is Cc1ccc(C(=O)c2ccc(Oc3ccc(C(C)(F)c4ccc(Oc5ccc(C(=O)c6ccc(-c7ccc(C)cc7C(=O)c7ccc(Oc8ccc(Oc9ccccc9)cc8)cc7)cc6)cc5)cc4)cc3)cc2)cc1. The molecule has 0 fully saturated rings. The lowest BCUT2D eigenvalue weighted by Crippen LogP contribution is -2.16. The standard InChI is InChI=1S/C67H49FO7/c1-44-9-12-47(13-10-44)64(69)49-18-28-55(29-19-49)73-58-34-24-52(25-35-58)67(3,68)53-26-36-59(37-27-53)74-56-30-20-50(21-31-56)65(70)48-16-14-46(15-17-48)62-42-11-45(2)43-63(62)66(71)51-22-32-57(33-23-51)75-61-40-38-60(39-41-61)72-54-7-5-4-6-8-54/h4-43H,1-3H3. The van der Waals surface area contributed by atoms with Gasteiger partial charge in [-0.1, -0.05) is 114 Å². The molecule has 0 aliphatic rings. The highest BCUT2D eigenvalue weighted by molar-refractivity contribution is 6.13. The minimum Gasteiger partial charge on any atom is -0.457 e. The summed E-state index contributed by atoms with van der Waals surface area (Å²) < 4.78 is 40.4. The summed E-state index contributed by atoms with van der Waals surface area (Å²) >= 11 is 0. The molecule has 0 aliphatic heterocycles. The van der Waals surface area contributed by atoms with Gasteiger partial charge in [-0.05, 0) is 183 Å². The van der Waals surface area contributed by atoms with Gasteiger partial charge < -0.3 is 18.9 Å². The molecule has 1 unspecified atom stereocenters. The molecular formula is C67H49FO7. The third kappa shape index (κ3) is 11.5. The van der Waals surface area contributed by atoms with Gasteiger partial charge in [0.15, 0.2) is 23.0 Å². The van der Waals surface area contributed by atoms with Crippen molar-refractivity contribution in [3.05, 3.63) is 298 Å². The highest BCUT2D eigenvalue weighted by Crippen LogP contribution is 2.37. The minimum absolute atomic E-state index is 0.0662. The van der Waals surface area contributed by atoms with Crippen LogP contribution in [0.25, 0.3) is 11.1 Å². The Bertz CT molecular complexity index is 3610. The number of hydrogen-bond acceptors (Lipinski definition) is 7. The molecular weight excluding hydrogens is 936 g/mol. The number of halogens is 1. The van der Waals surface area contributed by atoms with Crippen LogP contribution in [-0.4, -0.2) is 17.3 Å². The lowest BCUT2D eigenvalue weighted by Gasteiger charge is -2.22. The second-order valence-electron chi connectivity index (χ2n) is 18.3. The molecule has 75 heavy (non-hydrogen) atoms. The average molecular weight is 985 g/mol. The van der Waals surface area contributed by atoms with E-state index in [1.54, 1.807) is 133 Å². The van der Waals surface area contributed by atoms with E-state index in [1.165, 1.54) is 6.92 Å². The van der Waals surface area contributed by atoms with Crippen LogP contribution in [0.2, 0.25) is 0 Å². The number of carbonyl (C=O) groups is 3. The second-order valence-corrected chi connectivity index (χ2v) is 18.3. The van der Waals surface area contributed by atoms with Crippen molar-refractivity contribution in [2.75, 3.05) is 0 Å². The molecule has 8 heteroatoms. The highest BCUT2D eigenvalue weighted by Gasteiger charge is 2.28. The molecule has 0 spiro atoms. The predicted octanol–water partition coefficient (Wildman–Crippen LogP) is 17.1. The Morgan fingerprint density at radius 1 is 0.333 bits per heavy atom. The first-order valence-electron chi connectivity index (χ1n) is 24.4. The van der Waals surface area contributed by atoms with E-state index in [-0.39, 0.29) is 17.3 Å². The van der Waals surface area contributed by atoms with Crippen molar-refractivity contribution in [3.63, 3.8) is 0 Å². The van der Waals surface area contributed by atoms with Gasteiger partial charge in [-0.2, -0.15) is 0 Å². The van der Waals surface area contributed by atoms with Crippen molar-refractivity contribution in [1.29, 1.82) is 0 Å². The number of carbonyl (C=O) groups excluding carboxylic acids is 3. The van der Waals surface area contributed by atoms with Crippen LogP contribution in [-0.2, 0) is 5.67 Å². The molecule has 10 aromatic carbocycles. The normalized spacial score (nSPS) is 11.7. The monoisotopic (exact) mass is 984 g/mol. The molecule has 0 bridgehead atoms. The fourth-order valence-electron chi connectivity index (χ4n) is 8.56. The first kappa shape index (κ1) is 48.9. The van der Waals surface area contributed by atoms with E-state index in [0.717, 1.165) is 28.0 Å². The lowest BCUT2D eigenvalue weighted by atomic mass is 9.90. The second kappa shape index (κ2) is 21.6. The molecule has 10 rings (SSSR count). The van der Waals surface area contributed by atoms with E-state index in [2.05, 4.69) is 0 Å². The molecule has 0 saturated carbocycles. The summed E-state index contributed by atoms with van der Waals surface area (Å²) in [5.41, 5.74) is 5.88. The van der Waals surface area contributed by atoms with Crippen LogP contribution in [0.3, 0.4) is 0 Å². The Labute approximate surface area is 435 Å². The van der Waals surface area contributed by atoms with Crippen LogP contribution in [0.5, 0.6) is 46.0 Å². The van der Waals surface area contributed by atoms with E-state index in [0.29, 0.717) is 84.8 Å². The molecule has 0 heterocycles.